The van der Waals surface area contributed by atoms with Gasteiger partial charge in [0.2, 0.25) is 0 Å². The summed E-state index contributed by atoms with van der Waals surface area (Å²) in [5, 5.41) is 0. The lowest BCUT2D eigenvalue weighted by Crippen LogP contribution is -2.07. The molecule has 0 fully saturated rings. The fourth-order valence-corrected chi connectivity index (χ4v) is 2.83. The van der Waals surface area contributed by atoms with E-state index in [1.54, 1.807) is 12.1 Å². The van der Waals surface area contributed by atoms with Crippen molar-refractivity contribution < 1.29 is 38.0 Å². The summed E-state index contributed by atoms with van der Waals surface area (Å²) in [5.41, 5.74) is 6.58. The summed E-state index contributed by atoms with van der Waals surface area (Å²) in [6.07, 6.45) is 0. The second-order valence-electron chi connectivity index (χ2n) is 5.47. The quantitative estimate of drug-likeness (QED) is 0.485. The lowest BCUT2D eigenvalue weighted by Gasteiger charge is -2.12. The third-order valence-electron chi connectivity index (χ3n) is 3.78. The van der Waals surface area contributed by atoms with Crippen molar-refractivity contribution in [3.63, 3.8) is 0 Å². The molecule has 0 aromatic heterocycles. The van der Waals surface area contributed by atoms with Crippen molar-refractivity contribution in [2.45, 2.75) is 0 Å². The summed E-state index contributed by atoms with van der Waals surface area (Å²) < 4.78 is 30.3. The van der Waals surface area contributed by atoms with Gasteiger partial charge in [0.25, 0.3) is 0 Å². The molecule has 0 unspecified atom stereocenters. The number of nitrogen functional groups attached to an aromatic ring is 1. The van der Waals surface area contributed by atoms with Crippen molar-refractivity contribution in [3.05, 3.63) is 39.9 Å². The molecule has 0 aliphatic heterocycles. The van der Waals surface area contributed by atoms with Gasteiger partial charge in [0.05, 0.1) is 42.7 Å². The van der Waals surface area contributed by atoms with Crippen molar-refractivity contribution >= 4 is 33.6 Å². The maximum Gasteiger partial charge on any atom is 0.345 e. The van der Waals surface area contributed by atoms with Gasteiger partial charge in [-0.05, 0) is 12.1 Å². The molecule has 0 aliphatic carbocycles. The summed E-state index contributed by atoms with van der Waals surface area (Å²) in [6.45, 7) is 0. The van der Waals surface area contributed by atoms with Crippen LogP contribution in [-0.2, 0) is 9.47 Å². The van der Waals surface area contributed by atoms with Gasteiger partial charge in [0, 0.05) is 22.3 Å². The molecule has 0 aliphatic rings. The van der Waals surface area contributed by atoms with Crippen molar-refractivity contribution in [1.29, 1.82) is 0 Å². The zero-order valence-electron chi connectivity index (χ0n) is 17.5. The van der Waals surface area contributed by atoms with Crippen LogP contribution >= 0.6 is 15.9 Å². The number of esters is 2. The first-order valence-electron chi connectivity index (χ1n) is 8.37. The molecule has 2 aromatic carbocycles. The molecule has 10 heteroatoms. The molecule has 0 atom stereocenters. The maximum absolute atomic E-state index is 11.5. The minimum atomic E-state index is -0.524. The summed E-state index contributed by atoms with van der Waals surface area (Å²) in [5.74, 6) is 0.471. The number of methoxy groups -OCH3 is 6. The fraction of sp³-hybridized carbons (Fsp3) is 0.300. The number of carbonyl (C=O) groups excluding carboxylic acids is 2. The average molecular weight is 486 g/mol. The molecule has 0 saturated carbocycles. The third kappa shape index (κ3) is 5.93. The molecule has 0 saturated heterocycles. The Morgan fingerprint density at radius 3 is 1.23 bits per heavy atom. The van der Waals surface area contributed by atoms with Crippen molar-refractivity contribution in [1.82, 2.24) is 0 Å². The summed E-state index contributed by atoms with van der Waals surface area (Å²) in [6, 6.07) is 6.42. The minimum absolute atomic E-state index is 0.233. The largest absolute Gasteiger partial charge is 0.496 e. The lowest BCUT2D eigenvalue weighted by atomic mass is 10.1. The molecular formula is C20H24BrNO8. The molecule has 30 heavy (non-hydrogen) atoms. The van der Waals surface area contributed by atoms with Crippen LogP contribution in [0.3, 0.4) is 0 Å². The van der Waals surface area contributed by atoms with Gasteiger partial charge in [0.1, 0.15) is 34.1 Å². The number of hydrogen-bond donors (Lipinski definition) is 1. The standard InChI is InChI=1S/C10H11BrO4.C10H13NO4/c2*1-13-7-4-6(11)5-8(14-2)9(7)10(12)15-3/h4-5H,1-3H3;4-5H,11H2,1-3H3. The highest BCUT2D eigenvalue weighted by atomic mass is 79.9. The van der Waals surface area contributed by atoms with E-state index in [1.807, 2.05) is 0 Å². The molecule has 0 heterocycles. The minimum Gasteiger partial charge on any atom is -0.496 e. The van der Waals surface area contributed by atoms with E-state index in [0.29, 0.717) is 28.7 Å². The molecule has 164 valence electrons. The number of anilines is 1. The third-order valence-corrected chi connectivity index (χ3v) is 4.24. The van der Waals surface area contributed by atoms with Crippen LogP contribution in [0.4, 0.5) is 5.69 Å². The van der Waals surface area contributed by atoms with E-state index >= 15 is 0 Å². The van der Waals surface area contributed by atoms with E-state index < -0.39 is 11.9 Å². The predicted octanol–water partition coefficient (Wildman–Crippen LogP) is 3.33. The van der Waals surface area contributed by atoms with E-state index in [9.17, 15) is 9.59 Å². The molecule has 0 amide bonds. The van der Waals surface area contributed by atoms with Crippen LogP contribution in [0.25, 0.3) is 0 Å². The monoisotopic (exact) mass is 485 g/mol. The smallest absolute Gasteiger partial charge is 0.345 e. The van der Waals surface area contributed by atoms with Crippen LogP contribution in [0.15, 0.2) is 28.7 Å². The average Bonchev–Trinajstić information content (AvgIpc) is 2.76. The zero-order chi connectivity index (χ0) is 22.8. The maximum atomic E-state index is 11.5. The van der Waals surface area contributed by atoms with Crippen LogP contribution in [0.1, 0.15) is 20.7 Å². The highest BCUT2D eigenvalue weighted by Crippen LogP contribution is 2.33. The number of nitrogens with two attached hydrogens (primary N) is 1. The van der Waals surface area contributed by atoms with Crippen molar-refractivity contribution in [2.75, 3.05) is 48.4 Å². The number of halogens is 1. The van der Waals surface area contributed by atoms with Gasteiger partial charge in [-0.2, -0.15) is 0 Å². The molecular weight excluding hydrogens is 462 g/mol. The first kappa shape index (κ1) is 24.9. The molecule has 9 nitrogen and oxygen atoms in total. The Balaban J connectivity index is 0.000000300. The SMILES string of the molecule is COC(=O)c1c(OC)cc(Br)cc1OC.COC(=O)c1c(OC)cc(N)cc1OC. The van der Waals surface area contributed by atoms with E-state index in [2.05, 4.69) is 25.4 Å². The normalized spacial score (nSPS) is 9.57. The molecule has 2 N–H and O–H groups in total. The first-order valence-corrected chi connectivity index (χ1v) is 9.16. The fourth-order valence-electron chi connectivity index (χ4n) is 2.42. The molecule has 2 aromatic rings. The Bertz CT molecular complexity index is 777. The van der Waals surface area contributed by atoms with E-state index in [-0.39, 0.29) is 11.1 Å². The topological polar surface area (TPSA) is 116 Å². The highest BCUT2D eigenvalue weighted by Gasteiger charge is 2.20. The van der Waals surface area contributed by atoms with Crippen molar-refractivity contribution in [2.24, 2.45) is 0 Å². The van der Waals surface area contributed by atoms with Gasteiger partial charge >= 0.3 is 11.9 Å². The first-order chi connectivity index (χ1) is 14.3. The molecule has 2 rings (SSSR count). The second kappa shape index (κ2) is 11.8. The van der Waals surface area contributed by atoms with Gasteiger partial charge in [-0.1, -0.05) is 15.9 Å². The van der Waals surface area contributed by atoms with Gasteiger partial charge in [0.15, 0.2) is 0 Å². The van der Waals surface area contributed by atoms with E-state index in [4.69, 9.17) is 24.7 Å². The Morgan fingerprint density at radius 1 is 0.667 bits per heavy atom. The number of rotatable bonds is 6. The van der Waals surface area contributed by atoms with Crippen LogP contribution in [-0.4, -0.2) is 54.6 Å². The van der Waals surface area contributed by atoms with Gasteiger partial charge in [-0.25, -0.2) is 9.59 Å². The van der Waals surface area contributed by atoms with Crippen molar-refractivity contribution in [3.8, 4) is 23.0 Å². The summed E-state index contributed by atoms with van der Waals surface area (Å²) in [4.78, 5) is 22.9. The number of hydrogen-bond acceptors (Lipinski definition) is 9. The second-order valence-corrected chi connectivity index (χ2v) is 6.38. The zero-order valence-corrected chi connectivity index (χ0v) is 19.1. The van der Waals surface area contributed by atoms with Crippen LogP contribution in [0, 0.1) is 0 Å². The Morgan fingerprint density at radius 2 is 0.967 bits per heavy atom. The van der Waals surface area contributed by atoms with Gasteiger partial charge in [-0.3, -0.25) is 0 Å². The Labute approximate surface area is 183 Å². The lowest BCUT2D eigenvalue weighted by molar-refractivity contribution is 0.0583. The highest BCUT2D eigenvalue weighted by molar-refractivity contribution is 9.10. The van der Waals surface area contributed by atoms with E-state index in [0.717, 1.165) is 4.47 Å². The Kier molecular flexibility index (Phi) is 9.76. The number of carbonyl (C=O) groups is 2. The van der Waals surface area contributed by atoms with Gasteiger partial charge < -0.3 is 34.2 Å². The van der Waals surface area contributed by atoms with Gasteiger partial charge in [-0.15, -0.1) is 0 Å². The van der Waals surface area contributed by atoms with Crippen LogP contribution in [0.2, 0.25) is 0 Å². The predicted molar refractivity (Wildman–Crippen MR) is 114 cm³/mol. The number of ether oxygens (including phenoxy) is 6. The molecule has 0 bridgehead atoms. The molecule has 0 spiro atoms. The Hall–Kier alpha value is -3.14. The van der Waals surface area contributed by atoms with Crippen LogP contribution in [0.5, 0.6) is 23.0 Å². The van der Waals surface area contributed by atoms with E-state index in [1.165, 1.54) is 54.8 Å². The summed E-state index contributed by atoms with van der Waals surface area (Å²) >= 11 is 3.29. The van der Waals surface area contributed by atoms with Crippen LogP contribution < -0.4 is 24.7 Å². The number of benzene rings is 2. The summed E-state index contributed by atoms with van der Waals surface area (Å²) in [7, 11) is 8.45. The molecule has 0 radical (unpaired) electrons.